The average Bonchev–Trinajstić information content (AvgIpc) is 2.97. The maximum Gasteiger partial charge on any atom is 0.348 e. The Morgan fingerprint density at radius 2 is 2.24 bits per heavy atom. The van der Waals surface area contributed by atoms with Gasteiger partial charge in [0.25, 0.3) is 0 Å². The molecule has 7 heteroatoms. The molecule has 0 aromatic carbocycles. The molecular formula is C14H18N2O4S. The minimum absolute atomic E-state index is 0.0136. The number of hydrogen-bond acceptors (Lipinski definition) is 5. The number of esters is 1. The molecule has 1 fully saturated rings. The predicted octanol–water partition coefficient (Wildman–Crippen LogP) is 1.79. The van der Waals surface area contributed by atoms with E-state index >= 15 is 0 Å². The summed E-state index contributed by atoms with van der Waals surface area (Å²) >= 11 is 1.18. The van der Waals surface area contributed by atoms with Crippen LogP contribution in [0.1, 0.15) is 35.0 Å². The summed E-state index contributed by atoms with van der Waals surface area (Å²) in [5.74, 6) is -0.614. The molecule has 6 nitrogen and oxygen atoms in total. The summed E-state index contributed by atoms with van der Waals surface area (Å²) in [6.45, 7) is 4.54. The zero-order chi connectivity index (χ0) is 15.4. The summed E-state index contributed by atoms with van der Waals surface area (Å²) in [7, 11) is 0. The fourth-order valence-corrected chi connectivity index (χ4v) is 3.15. The Morgan fingerprint density at radius 1 is 1.48 bits per heavy atom. The molecule has 0 atom stereocenters. The Morgan fingerprint density at radius 3 is 2.86 bits per heavy atom. The first kappa shape index (κ1) is 15.5. The predicted molar refractivity (Wildman–Crippen MR) is 79.5 cm³/mol. The average molecular weight is 310 g/mol. The van der Waals surface area contributed by atoms with Gasteiger partial charge < -0.3 is 15.0 Å². The van der Waals surface area contributed by atoms with Crippen molar-refractivity contribution >= 4 is 34.1 Å². The molecule has 2 amide bonds. The summed E-state index contributed by atoms with van der Waals surface area (Å²) in [5.41, 5.74) is 0.769. The van der Waals surface area contributed by atoms with Crippen LogP contribution in [0.15, 0.2) is 6.07 Å². The van der Waals surface area contributed by atoms with E-state index in [1.54, 1.807) is 24.8 Å². The number of amides is 2. The molecule has 0 spiro atoms. The van der Waals surface area contributed by atoms with Crippen molar-refractivity contribution < 1.29 is 19.1 Å². The number of hydrogen-bond donors (Lipinski definition) is 1. The number of anilines is 1. The second-order valence-electron chi connectivity index (χ2n) is 4.81. The highest BCUT2D eigenvalue weighted by Gasteiger charge is 2.23. The quantitative estimate of drug-likeness (QED) is 0.841. The van der Waals surface area contributed by atoms with Gasteiger partial charge in [-0.2, -0.15) is 0 Å². The van der Waals surface area contributed by atoms with Crippen LogP contribution in [0.3, 0.4) is 0 Å². The van der Waals surface area contributed by atoms with Crippen LogP contribution in [0, 0.1) is 6.92 Å². The van der Waals surface area contributed by atoms with E-state index in [-0.39, 0.29) is 24.3 Å². The minimum Gasteiger partial charge on any atom is -0.462 e. The van der Waals surface area contributed by atoms with E-state index in [0.29, 0.717) is 29.5 Å². The maximum atomic E-state index is 11.9. The van der Waals surface area contributed by atoms with Crippen LogP contribution in [0.5, 0.6) is 0 Å². The summed E-state index contributed by atoms with van der Waals surface area (Å²) in [4.78, 5) is 37.1. The van der Waals surface area contributed by atoms with Gasteiger partial charge in [-0.05, 0) is 31.9 Å². The van der Waals surface area contributed by atoms with E-state index in [0.717, 1.165) is 12.0 Å². The SMILES string of the molecule is CCOC(=O)c1sc(NC(=O)CN2CCCC2=O)cc1C. The number of carbonyl (C=O) groups is 3. The number of nitrogens with one attached hydrogen (secondary N) is 1. The fraction of sp³-hybridized carbons (Fsp3) is 0.500. The number of nitrogens with zero attached hydrogens (tertiary/aromatic N) is 1. The Hall–Kier alpha value is -1.89. The van der Waals surface area contributed by atoms with Crippen molar-refractivity contribution in [2.24, 2.45) is 0 Å². The van der Waals surface area contributed by atoms with Crippen molar-refractivity contribution in [1.29, 1.82) is 0 Å². The van der Waals surface area contributed by atoms with Crippen LogP contribution in [-0.4, -0.2) is 42.4 Å². The first-order valence-corrected chi connectivity index (χ1v) is 7.68. The first-order chi connectivity index (χ1) is 10.0. The summed E-state index contributed by atoms with van der Waals surface area (Å²) in [6.07, 6.45) is 1.32. The second-order valence-corrected chi connectivity index (χ2v) is 5.86. The van der Waals surface area contributed by atoms with Gasteiger partial charge in [0.1, 0.15) is 4.88 Å². The first-order valence-electron chi connectivity index (χ1n) is 6.86. The molecule has 1 aromatic rings. The van der Waals surface area contributed by atoms with Crippen molar-refractivity contribution in [1.82, 2.24) is 4.90 Å². The van der Waals surface area contributed by atoms with Crippen molar-refractivity contribution in [3.05, 3.63) is 16.5 Å². The van der Waals surface area contributed by atoms with Gasteiger partial charge in [-0.25, -0.2) is 4.79 Å². The molecule has 2 heterocycles. The summed E-state index contributed by atoms with van der Waals surface area (Å²) in [6, 6.07) is 1.74. The summed E-state index contributed by atoms with van der Waals surface area (Å²) < 4.78 is 4.95. The molecule has 1 aliphatic rings. The largest absolute Gasteiger partial charge is 0.462 e. The van der Waals surface area contributed by atoms with Crippen LogP contribution in [-0.2, 0) is 14.3 Å². The Labute approximate surface area is 127 Å². The number of rotatable bonds is 5. The van der Waals surface area contributed by atoms with Crippen LogP contribution >= 0.6 is 11.3 Å². The molecule has 2 rings (SSSR count). The van der Waals surface area contributed by atoms with Crippen molar-refractivity contribution in [2.45, 2.75) is 26.7 Å². The number of thiophene rings is 1. The highest BCUT2D eigenvalue weighted by Crippen LogP contribution is 2.27. The van der Waals surface area contributed by atoms with Crippen molar-refractivity contribution in [2.75, 3.05) is 25.0 Å². The lowest BCUT2D eigenvalue weighted by Gasteiger charge is -2.14. The number of likely N-dealkylation sites (tertiary alicyclic amines) is 1. The van der Waals surface area contributed by atoms with E-state index < -0.39 is 0 Å². The van der Waals surface area contributed by atoms with E-state index in [2.05, 4.69) is 5.32 Å². The van der Waals surface area contributed by atoms with E-state index in [1.165, 1.54) is 11.3 Å². The summed E-state index contributed by atoms with van der Waals surface area (Å²) in [5, 5.41) is 3.32. The molecule has 0 saturated carbocycles. The lowest BCUT2D eigenvalue weighted by atomic mass is 10.3. The number of carbonyl (C=O) groups excluding carboxylic acids is 3. The standard InChI is InChI=1S/C14H18N2O4S/c1-3-20-14(19)13-9(2)7-11(21-13)15-10(17)8-16-6-4-5-12(16)18/h7H,3-6,8H2,1-2H3,(H,15,17). The molecule has 0 aliphatic carbocycles. The number of ether oxygens (including phenoxy) is 1. The van der Waals surface area contributed by atoms with Gasteiger partial charge >= 0.3 is 5.97 Å². The van der Waals surface area contributed by atoms with Gasteiger partial charge in [0.15, 0.2) is 0 Å². The molecule has 1 aliphatic heterocycles. The van der Waals surface area contributed by atoms with Gasteiger partial charge in [-0.15, -0.1) is 11.3 Å². The fourth-order valence-electron chi connectivity index (χ4n) is 2.16. The Balaban J connectivity index is 1.96. The molecule has 1 saturated heterocycles. The highest BCUT2D eigenvalue weighted by molar-refractivity contribution is 7.18. The van der Waals surface area contributed by atoms with Gasteiger partial charge in [-0.1, -0.05) is 0 Å². The third-order valence-electron chi connectivity index (χ3n) is 3.15. The molecule has 114 valence electrons. The molecule has 1 N–H and O–H groups in total. The smallest absolute Gasteiger partial charge is 0.348 e. The topological polar surface area (TPSA) is 75.7 Å². The highest BCUT2D eigenvalue weighted by atomic mass is 32.1. The number of aryl methyl sites for hydroxylation is 1. The molecule has 21 heavy (non-hydrogen) atoms. The lowest BCUT2D eigenvalue weighted by molar-refractivity contribution is -0.131. The molecule has 0 radical (unpaired) electrons. The Bertz CT molecular complexity index is 567. The monoisotopic (exact) mass is 310 g/mol. The normalized spacial score (nSPS) is 14.4. The van der Waals surface area contributed by atoms with Gasteiger partial charge in [0.2, 0.25) is 11.8 Å². The molecular weight excluding hydrogens is 292 g/mol. The molecule has 1 aromatic heterocycles. The van der Waals surface area contributed by atoms with Crippen LogP contribution in [0.25, 0.3) is 0 Å². The van der Waals surface area contributed by atoms with Crippen molar-refractivity contribution in [3.8, 4) is 0 Å². The van der Waals surface area contributed by atoms with Crippen LogP contribution < -0.4 is 5.32 Å². The zero-order valence-electron chi connectivity index (χ0n) is 12.1. The van der Waals surface area contributed by atoms with Gasteiger partial charge in [0, 0.05) is 13.0 Å². The van der Waals surface area contributed by atoms with Crippen LogP contribution in [0.4, 0.5) is 5.00 Å². The zero-order valence-corrected chi connectivity index (χ0v) is 12.9. The molecule has 0 unspecified atom stereocenters. The van der Waals surface area contributed by atoms with Gasteiger partial charge in [0.05, 0.1) is 18.2 Å². The maximum absolute atomic E-state index is 11.9. The van der Waals surface area contributed by atoms with E-state index in [4.69, 9.17) is 4.74 Å². The third-order valence-corrected chi connectivity index (χ3v) is 4.28. The Kier molecular flexibility index (Phi) is 4.95. The minimum atomic E-state index is -0.379. The van der Waals surface area contributed by atoms with E-state index in [9.17, 15) is 14.4 Å². The van der Waals surface area contributed by atoms with E-state index in [1.807, 2.05) is 0 Å². The third kappa shape index (κ3) is 3.81. The van der Waals surface area contributed by atoms with Crippen molar-refractivity contribution in [3.63, 3.8) is 0 Å². The lowest BCUT2D eigenvalue weighted by Crippen LogP contribution is -2.33. The second kappa shape index (κ2) is 6.71. The van der Waals surface area contributed by atoms with Crippen LogP contribution in [0.2, 0.25) is 0 Å². The molecule has 0 bridgehead atoms. The van der Waals surface area contributed by atoms with Gasteiger partial charge in [-0.3, -0.25) is 9.59 Å².